The Bertz CT molecular complexity index is 840. The summed E-state index contributed by atoms with van der Waals surface area (Å²) in [6.07, 6.45) is 7.71. The fourth-order valence-electron chi connectivity index (χ4n) is 6.95. The first-order valence-corrected chi connectivity index (χ1v) is 10.6. The molecule has 2 fully saturated rings. The van der Waals surface area contributed by atoms with Crippen LogP contribution in [-0.4, -0.2) is 12.2 Å². The Morgan fingerprint density at radius 1 is 1.00 bits per heavy atom. The van der Waals surface area contributed by atoms with Gasteiger partial charge in [0.25, 0.3) is 0 Å². The van der Waals surface area contributed by atoms with Gasteiger partial charge in [-0.2, -0.15) is 0 Å². The van der Waals surface area contributed by atoms with Crippen molar-refractivity contribution in [1.29, 1.82) is 0 Å². The lowest BCUT2D eigenvalue weighted by molar-refractivity contribution is 0.0481. The third kappa shape index (κ3) is 2.60. The van der Waals surface area contributed by atoms with Crippen LogP contribution in [0.5, 0.6) is 11.5 Å². The smallest absolute Gasteiger partial charge is 0.118 e. The van der Waals surface area contributed by atoms with E-state index in [1.165, 1.54) is 48.8 Å². The van der Waals surface area contributed by atoms with E-state index >= 15 is 0 Å². The first-order valence-electron chi connectivity index (χ1n) is 10.6. The first kappa shape index (κ1) is 17.2. The molecule has 2 aromatic rings. The third-order valence-electron chi connectivity index (χ3n) is 8.23. The highest BCUT2D eigenvalue weighted by molar-refractivity contribution is 5.40. The molecule has 2 saturated carbocycles. The zero-order valence-corrected chi connectivity index (χ0v) is 16.4. The minimum atomic E-state index is 0.421. The number of aromatic hydroxyl groups is 1. The second-order valence-electron chi connectivity index (χ2n) is 9.25. The van der Waals surface area contributed by atoms with E-state index < -0.39 is 0 Å². The highest BCUT2D eigenvalue weighted by Crippen LogP contribution is 2.65. The van der Waals surface area contributed by atoms with Crippen LogP contribution in [0.15, 0.2) is 42.5 Å². The van der Waals surface area contributed by atoms with Crippen LogP contribution in [-0.2, 0) is 6.42 Å². The predicted molar refractivity (Wildman–Crippen MR) is 108 cm³/mol. The summed E-state index contributed by atoms with van der Waals surface area (Å²) in [7, 11) is 1.74. The fourth-order valence-corrected chi connectivity index (χ4v) is 6.95. The van der Waals surface area contributed by atoms with Crippen molar-refractivity contribution in [3.05, 3.63) is 59.2 Å². The van der Waals surface area contributed by atoms with Gasteiger partial charge in [-0.25, -0.2) is 0 Å². The SMILES string of the molecule is COc1ccc([C@H]2CC[C@H]3[C@@H]4CCc5cc(O)ccc5[C@H]4CC[C@]23C)cc1. The lowest BCUT2D eigenvalue weighted by Gasteiger charge is -2.51. The van der Waals surface area contributed by atoms with Crippen molar-refractivity contribution in [1.82, 2.24) is 0 Å². The largest absolute Gasteiger partial charge is 0.508 e. The van der Waals surface area contributed by atoms with E-state index in [4.69, 9.17) is 4.74 Å². The molecule has 3 aliphatic carbocycles. The van der Waals surface area contributed by atoms with Crippen LogP contribution >= 0.6 is 0 Å². The molecule has 0 aliphatic heterocycles. The predicted octanol–water partition coefficient (Wildman–Crippen LogP) is 6.04. The van der Waals surface area contributed by atoms with E-state index in [0.29, 0.717) is 23.0 Å². The quantitative estimate of drug-likeness (QED) is 0.705. The fraction of sp³-hybridized carbons (Fsp3) is 0.520. The van der Waals surface area contributed by atoms with Crippen molar-refractivity contribution in [2.75, 3.05) is 7.11 Å². The molecule has 0 heterocycles. The van der Waals surface area contributed by atoms with Gasteiger partial charge in [-0.1, -0.05) is 25.1 Å². The monoisotopic (exact) mass is 362 g/mol. The molecule has 2 heteroatoms. The molecule has 0 spiro atoms. The van der Waals surface area contributed by atoms with E-state index in [2.05, 4.69) is 37.3 Å². The molecular formula is C25H30O2. The number of aryl methyl sites for hydroxylation is 1. The van der Waals surface area contributed by atoms with Gasteiger partial charge in [0.1, 0.15) is 11.5 Å². The Morgan fingerprint density at radius 3 is 2.59 bits per heavy atom. The number of phenols is 1. The average molecular weight is 363 g/mol. The van der Waals surface area contributed by atoms with Crippen LogP contribution in [0, 0.1) is 17.3 Å². The Morgan fingerprint density at radius 2 is 1.81 bits per heavy atom. The van der Waals surface area contributed by atoms with Crippen molar-refractivity contribution < 1.29 is 9.84 Å². The second-order valence-corrected chi connectivity index (χ2v) is 9.25. The summed E-state index contributed by atoms with van der Waals surface area (Å²) in [5.41, 5.74) is 4.84. The van der Waals surface area contributed by atoms with E-state index in [9.17, 15) is 5.11 Å². The van der Waals surface area contributed by atoms with Gasteiger partial charge >= 0.3 is 0 Å². The van der Waals surface area contributed by atoms with Crippen LogP contribution < -0.4 is 4.74 Å². The normalized spacial score (nSPS) is 34.4. The van der Waals surface area contributed by atoms with Gasteiger partial charge < -0.3 is 9.84 Å². The third-order valence-corrected chi connectivity index (χ3v) is 8.23. The molecular weight excluding hydrogens is 332 g/mol. The van der Waals surface area contributed by atoms with Gasteiger partial charge in [0, 0.05) is 0 Å². The molecule has 2 nitrogen and oxygen atoms in total. The molecule has 27 heavy (non-hydrogen) atoms. The maximum Gasteiger partial charge on any atom is 0.118 e. The topological polar surface area (TPSA) is 29.5 Å². The number of hydrogen-bond acceptors (Lipinski definition) is 2. The first-order chi connectivity index (χ1) is 13.1. The Balaban J connectivity index is 1.45. The highest BCUT2D eigenvalue weighted by atomic mass is 16.5. The number of ether oxygens (including phenoxy) is 1. The Hall–Kier alpha value is -1.96. The minimum Gasteiger partial charge on any atom is -0.508 e. The standard InChI is InChI=1S/C25H30O2/c1-25-14-13-21-20-10-6-18(26)15-17(20)5-9-22(21)24(25)12-11-23(25)16-3-7-19(27-2)8-4-16/h3-4,6-8,10,15,21-24,26H,5,9,11-14H2,1-2H3/t21-,22-,23-,24+,25-/m1/s1. The van der Waals surface area contributed by atoms with Crippen molar-refractivity contribution in [2.45, 2.75) is 57.3 Å². The van der Waals surface area contributed by atoms with Crippen LogP contribution in [0.3, 0.4) is 0 Å². The Labute approximate surface area is 162 Å². The molecule has 5 atom stereocenters. The zero-order valence-electron chi connectivity index (χ0n) is 16.4. The second kappa shape index (κ2) is 6.29. The molecule has 0 saturated heterocycles. The number of rotatable bonds is 2. The molecule has 1 N–H and O–H groups in total. The number of phenolic OH excluding ortho intramolecular Hbond substituents is 1. The van der Waals surface area contributed by atoms with Crippen LogP contribution in [0.25, 0.3) is 0 Å². The van der Waals surface area contributed by atoms with E-state index in [1.54, 1.807) is 7.11 Å². The summed E-state index contributed by atoms with van der Waals surface area (Å²) < 4.78 is 5.36. The maximum atomic E-state index is 9.86. The lowest BCUT2D eigenvalue weighted by Crippen LogP contribution is -2.41. The van der Waals surface area contributed by atoms with Crippen LogP contribution in [0.4, 0.5) is 0 Å². The van der Waals surface area contributed by atoms with Gasteiger partial charge in [-0.3, -0.25) is 0 Å². The van der Waals surface area contributed by atoms with E-state index in [-0.39, 0.29) is 0 Å². The van der Waals surface area contributed by atoms with Gasteiger partial charge in [0.2, 0.25) is 0 Å². The zero-order chi connectivity index (χ0) is 18.6. The number of hydrogen-bond donors (Lipinski definition) is 1. The molecule has 0 bridgehead atoms. The summed E-state index contributed by atoms with van der Waals surface area (Å²) in [5, 5.41) is 9.86. The number of fused-ring (bicyclic) bond motifs is 5. The van der Waals surface area contributed by atoms with Gasteiger partial charge in [-0.05, 0) is 109 Å². The average Bonchev–Trinajstić information content (AvgIpc) is 3.05. The highest BCUT2D eigenvalue weighted by Gasteiger charge is 2.54. The van der Waals surface area contributed by atoms with Crippen molar-refractivity contribution in [2.24, 2.45) is 17.3 Å². The molecule has 0 unspecified atom stereocenters. The van der Waals surface area contributed by atoms with Gasteiger partial charge in [0.05, 0.1) is 7.11 Å². The molecule has 2 aromatic carbocycles. The summed E-state index contributed by atoms with van der Waals surface area (Å²) >= 11 is 0. The van der Waals surface area contributed by atoms with E-state index in [1.807, 2.05) is 12.1 Å². The van der Waals surface area contributed by atoms with Crippen molar-refractivity contribution >= 4 is 0 Å². The summed E-state index contributed by atoms with van der Waals surface area (Å²) in [4.78, 5) is 0. The molecule has 0 amide bonds. The van der Waals surface area contributed by atoms with Crippen LogP contribution in [0.1, 0.15) is 67.6 Å². The number of benzene rings is 2. The van der Waals surface area contributed by atoms with Gasteiger partial charge in [0.15, 0.2) is 0 Å². The molecule has 5 rings (SSSR count). The van der Waals surface area contributed by atoms with Crippen LogP contribution in [0.2, 0.25) is 0 Å². The van der Waals surface area contributed by atoms with E-state index in [0.717, 1.165) is 24.0 Å². The lowest BCUT2D eigenvalue weighted by atomic mass is 9.53. The number of methoxy groups -OCH3 is 1. The molecule has 3 aliphatic rings. The summed E-state index contributed by atoms with van der Waals surface area (Å²) in [5.74, 6) is 4.38. The molecule has 142 valence electrons. The molecule has 0 aromatic heterocycles. The van der Waals surface area contributed by atoms with Crippen molar-refractivity contribution in [3.8, 4) is 11.5 Å². The van der Waals surface area contributed by atoms with Gasteiger partial charge in [-0.15, -0.1) is 0 Å². The minimum absolute atomic E-state index is 0.421. The summed E-state index contributed by atoms with van der Waals surface area (Å²) in [6.45, 7) is 2.57. The Kier molecular flexibility index (Phi) is 4.00. The summed E-state index contributed by atoms with van der Waals surface area (Å²) in [6, 6.07) is 14.9. The van der Waals surface area contributed by atoms with Crippen molar-refractivity contribution in [3.63, 3.8) is 0 Å². The maximum absolute atomic E-state index is 9.86. The molecule has 0 radical (unpaired) electrons.